The summed E-state index contributed by atoms with van der Waals surface area (Å²) in [5.41, 5.74) is 3.41. The highest BCUT2D eigenvalue weighted by Gasteiger charge is 2.10. The highest BCUT2D eigenvalue weighted by Crippen LogP contribution is 2.26. The number of fused-ring (bicyclic) bond motifs is 4. The van der Waals surface area contributed by atoms with Gasteiger partial charge in [-0.25, -0.2) is 4.98 Å². The van der Waals surface area contributed by atoms with E-state index in [4.69, 9.17) is 4.42 Å². The average molecular weight is 222 g/mol. The Hall–Kier alpha value is -2.56. The third-order valence-electron chi connectivity index (χ3n) is 2.66. The zero-order valence-electron chi connectivity index (χ0n) is 8.66. The number of nitrogens with zero attached hydrogens (tertiary/aromatic N) is 4. The second kappa shape index (κ2) is 2.98. The fourth-order valence-electron chi connectivity index (χ4n) is 1.91. The molecule has 0 spiro atoms. The van der Waals surface area contributed by atoms with Gasteiger partial charge in [0.15, 0.2) is 11.2 Å². The van der Waals surface area contributed by atoms with Crippen molar-refractivity contribution >= 4 is 33.4 Å². The standard InChI is InChI=1S/C12H6N4O/c1-2-9-10(14-3-1)7-6-8-11(15-5-4-13-8)16-12(7)17-9/h1-6H. The fourth-order valence-corrected chi connectivity index (χ4v) is 1.91. The van der Waals surface area contributed by atoms with Crippen LogP contribution in [0.25, 0.3) is 33.4 Å². The molecule has 80 valence electrons. The summed E-state index contributed by atoms with van der Waals surface area (Å²) >= 11 is 0. The smallest absolute Gasteiger partial charge is 0.231 e. The van der Waals surface area contributed by atoms with Crippen molar-refractivity contribution in [2.45, 2.75) is 0 Å². The first-order valence-corrected chi connectivity index (χ1v) is 5.17. The van der Waals surface area contributed by atoms with Crippen LogP contribution in [0.2, 0.25) is 0 Å². The third-order valence-corrected chi connectivity index (χ3v) is 2.66. The van der Waals surface area contributed by atoms with Gasteiger partial charge in [-0.1, -0.05) is 0 Å². The minimum atomic E-state index is 0.548. The van der Waals surface area contributed by atoms with Gasteiger partial charge in [-0.05, 0) is 18.2 Å². The molecule has 4 aromatic rings. The van der Waals surface area contributed by atoms with E-state index in [0.717, 1.165) is 22.0 Å². The van der Waals surface area contributed by atoms with E-state index < -0.39 is 0 Å². The summed E-state index contributed by atoms with van der Waals surface area (Å²) in [6.45, 7) is 0. The summed E-state index contributed by atoms with van der Waals surface area (Å²) in [5, 5.41) is 0.869. The van der Waals surface area contributed by atoms with Crippen LogP contribution >= 0.6 is 0 Å². The van der Waals surface area contributed by atoms with Gasteiger partial charge in [0.05, 0.1) is 5.39 Å². The summed E-state index contributed by atoms with van der Waals surface area (Å²) in [6.07, 6.45) is 4.99. The highest BCUT2D eigenvalue weighted by atomic mass is 16.3. The molecule has 0 unspecified atom stereocenters. The van der Waals surface area contributed by atoms with Gasteiger partial charge in [0.25, 0.3) is 0 Å². The summed E-state index contributed by atoms with van der Waals surface area (Å²) in [7, 11) is 0. The van der Waals surface area contributed by atoms with Crippen LogP contribution < -0.4 is 0 Å². The Balaban J connectivity index is 2.28. The third kappa shape index (κ3) is 1.13. The summed E-state index contributed by atoms with van der Waals surface area (Å²) in [6, 6.07) is 5.61. The van der Waals surface area contributed by atoms with Crippen molar-refractivity contribution in [3.63, 3.8) is 0 Å². The molecule has 0 aliphatic carbocycles. The zero-order valence-corrected chi connectivity index (χ0v) is 8.66. The minimum absolute atomic E-state index is 0.548. The number of rotatable bonds is 0. The van der Waals surface area contributed by atoms with Gasteiger partial charge in [-0.15, -0.1) is 0 Å². The van der Waals surface area contributed by atoms with Crippen LogP contribution in [0.1, 0.15) is 0 Å². The first-order valence-electron chi connectivity index (χ1n) is 5.17. The Labute approximate surface area is 95.1 Å². The van der Waals surface area contributed by atoms with Crippen molar-refractivity contribution in [2.75, 3.05) is 0 Å². The molecule has 5 nitrogen and oxygen atoms in total. The lowest BCUT2D eigenvalue weighted by atomic mass is 10.2. The molecule has 4 heterocycles. The molecule has 0 atom stereocenters. The summed E-state index contributed by atoms with van der Waals surface area (Å²) < 4.78 is 5.62. The summed E-state index contributed by atoms with van der Waals surface area (Å²) in [5.74, 6) is 0. The normalized spacial score (nSPS) is 11.5. The molecule has 0 fully saturated rings. The topological polar surface area (TPSA) is 64.7 Å². The quantitative estimate of drug-likeness (QED) is 0.456. The van der Waals surface area contributed by atoms with Crippen LogP contribution in [-0.4, -0.2) is 19.9 Å². The van der Waals surface area contributed by atoms with E-state index in [1.807, 2.05) is 18.2 Å². The second-order valence-corrected chi connectivity index (χ2v) is 3.69. The van der Waals surface area contributed by atoms with Crippen LogP contribution in [0.5, 0.6) is 0 Å². The maximum Gasteiger partial charge on any atom is 0.231 e. The van der Waals surface area contributed by atoms with E-state index in [0.29, 0.717) is 11.4 Å². The van der Waals surface area contributed by atoms with Gasteiger partial charge in [0.1, 0.15) is 11.0 Å². The van der Waals surface area contributed by atoms with Crippen molar-refractivity contribution < 1.29 is 4.42 Å². The maximum absolute atomic E-state index is 5.62. The molecule has 0 aliphatic heterocycles. The van der Waals surface area contributed by atoms with Crippen molar-refractivity contribution in [3.8, 4) is 0 Å². The van der Waals surface area contributed by atoms with E-state index in [-0.39, 0.29) is 0 Å². The average Bonchev–Trinajstić information content (AvgIpc) is 2.73. The van der Waals surface area contributed by atoms with E-state index in [1.165, 1.54) is 0 Å². The molecule has 0 amide bonds. The molecule has 17 heavy (non-hydrogen) atoms. The van der Waals surface area contributed by atoms with Gasteiger partial charge in [0, 0.05) is 18.6 Å². The Morgan fingerprint density at radius 3 is 2.94 bits per heavy atom. The lowest BCUT2D eigenvalue weighted by Gasteiger charge is -1.93. The Morgan fingerprint density at radius 2 is 1.94 bits per heavy atom. The first kappa shape index (κ1) is 8.58. The number of aromatic nitrogens is 4. The van der Waals surface area contributed by atoms with Crippen molar-refractivity contribution in [3.05, 3.63) is 36.8 Å². The molecule has 0 bridgehead atoms. The van der Waals surface area contributed by atoms with Crippen LogP contribution in [0.15, 0.2) is 41.2 Å². The van der Waals surface area contributed by atoms with Crippen molar-refractivity contribution in [1.29, 1.82) is 0 Å². The molecule has 5 heteroatoms. The SMILES string of the molecule is c1cnc2c(c1)oc1nc3nccnc3cc12. The Kier molecular flexibility index (Phi) is 1.50. The zero-order chi connectivity index (χ0) is 11.2. The van der Waals surface area contributed by atoms with Gasteiger partial charge in [-0.2, -0.15) is 4.98 Å². The lowest BCUT2D eigenvalue weighted by Crippen LogP contribution is -1.85. The van der Waals surface area contributed by atoms with E-state index >= 15 is 0 Å². The van der Waals surface area contributed by atoms with E-state index in [2.05, 4.69) is 19.9 Å². The highest BCUT2D eigenvalue weighted by molar-refractivity contribution is 6.03. The number of hydrogen-bond donors (Lipinski definition) is 0. The predicted molar refractivity (Wildman–Crippen MR) is 62.4 cm³/mol. The number of pyridine rings is 2. The van der Waals surface area contributed by atoms with Crippen LogP contribution in [-0.2, 0) is 0 Å². The van der Waals surface area contributed by atoms with Gasteiger partial charge in [-0.3, -0.25) is 9.97 Å². The number of furan rings is 1. The maximum atomic E-state index is 5.62. The molecule has 0 radical (unpaired) electrons. The van der Waals surface area contributed by atoms with Crippen LogP contribution in [0, 0.1) is 0 Å². The molecule has 0 aliphatic rings. The molecule has 0 saturated heterocycles. The van der Waals surface area contributed by atoms with Gasteiger partial charge < -0.3 is 4.42 Å². The molecule has 0 N–H and O–H groups in total. The predicted octanol–water partition coefficient (Wildman–Crippen LogP) is 2.32. The van der Waals surface area contributed by atoms with Crippen molar-refractivity contribution in [1.82, 2.24) is 19.9 Å². The second-order valence-electron chi connectivity index (χ2n) is 3.69. The number of hydrogen-bond acceptors (Lipinski definition) is 5. The molecule has 0 aromatic carbocycles. The molecule has 4 aromatic heterocycles. The van der Waals surface area contributed by atoms with E-state index in [9.17, 15) is 0 Å². The Bertz CT molecular complexity index is 847. The monoisotopic (exact) mass is 222 g/mol. The lowest BCUT2D eigenvalue weighted by molar-refractivity contribution is 0.654. The van der Waals surface area contributed by atoms with Crippen LogP contribution in [0.3, 0.4) is 0 Å². The van der Waals surface area contributed by atoms with Gasteiger partial charge in [0.2, 0.25) is 5.71 Å². The Morgan fingerprint density at radius 1 is 1.00 bits per heavy atom. The van der Waals surface area contributed by atoms with Gasteiger partial charge >= 0.3 is 0 Å². The molecule has 4 rings (SSSR count). The molecule has 0 saturated carbocycles. The molecular weight excluding hydrogens is 216 g/mol. The minimum Gasteiger partial charge on any atom is -0.436 e. The molecular formula is C12H6N4O. The fraction of sp³-hybridized carbons (Fsp3) is 0. The van der Waals surface area contributed by atoms with Crippen molar-refractivity contribution in [2.24, 2.45) is 0 Å². The summed E-state index contributed by atoms with van der Waals surface area (Å²) in [4.78, 5) is 17.0. The van der Waals surface area contributed by atoms with Crippen LogP contribution in [0.4, 0.5) is 0 Å². The van der Waals surface area contributed by atoms with E-state index in [1.54, 1.807) is 18.6 Å². The largest absolute Gasteiger partial charge is 0.436 e. The first-order chi connectivity index (χ1) is 8.42.